The molecule has 0 fully saturated rings. The van der Waals surface area contributed by atoms with Crippen molar-refractivity contribution in [2.75, 3.05) is 0 Å². The van der Waals surface area contributed by atoms with Crippen molar-refractivity contribution in [1.29, 1.82) is 0 Å². The van der Waals surface area contributed by atoms with Crippen molar-refractivity contribution in [3.63, 3.8) is 0 Å². The smallest absolute Gasteiger partial charge is 0.276 e. The predicted octanol–water partition coefficient (Wildman–Crippen LogP) is 1.12. The van der Waals surface area contributed by atoms with Gasteiger partial charge >= 0.3 is 0 Å². The highest BCUT2D eigenvalue weighted by Gasteiger charge is 2.28. The van der Waals surface area contributed by atoms with Crippen LogP contribution in [0.5, 0.6) is 0 Å². The Hall–Kier alpha value is -1.50. The monoisotopic (exact) mass is 268 g/mol. The zero-order valence-corrected chi connectivity index (χ0v) is 10.7. The summed E-state index contributed by atoms with van der Waals surface area (Å²) in [6.45, 7) is 3.96. The number of rotatable bonds is 3. The average molecular weight is 269 g/mol. The summed E-state index contributed by atoms with van der Waals surface area (Å²) in [7, 11) is 0. The lowest BCUT2D eigenvalue weighted by atomic mass is 10.2. The van der Waals surface area contributed by atoms with Crippen LogP contribution in [-0.4, -0.2) is 29.7 Å². The Labute approximate surface area is 109 Å². The molecule has 18 heavy (non-hydrogen) atoms. The summed E-state index contributed by atoms with van der Waals surface area (Å²) < 4.78 is 1.66. The Morgan fingerprint density at radius 2 is 2.06 bits per heavy atom. The third-order valence-corrected chi connectivity index (χ3v) is 2.65. The molecule has 0 atom stereocenters. The summed E-state index contributed by atoms with van der Waals surface area (Å²) in [6, 6.07) is 0. The second kappa shape index (κ2) is 4.64. The molecule has 0 spiro atoms. The van der Waals surface area contributed by atoms with Crippen LogP contribution in [0, 0.1) is 0 Å². The molecule has 2 rings (SSSR count). The molecule has 0 aromatic carbocycles. The van der Waals surface area contributed by atoms with E-state index in [-0.39, 0.29) is 11.5 Å². The molecule has 0 aliphatic carbocycles. The van der Waals surface area contributed by atoms with Gasteiger partial charge in [-0.1, -0.05) is 25.4 Å². The highest BCUT2D eigenvalue weighted by Crippen LogP contribution is 2.27. The van der Waals surface area contributed by atoms with E-state index in [0.29, 0.717) is 5.82 Å². The minimum absolute atomic E-state index is 0.00608. The highest BCUT2D eigenvalue weighted by atomic mass is 35.5. The summed E-state index contributed by atoms with van der Waals surface area (Å²) >= 11 is 5.51. The van der Waals surface area contributed by atoms with E-state index in [1.807, 2.05) is 13.8 Å². The molecule has 0 amide bonds. The van der Waals surface area contributed by atoms with Crippen LogP contribution in [0.1, 0.15) is 31.2 Å². The van der Waals surface area contributed by atoms with Crippen molar-refractivity contribution in [1.82, 2.24) is 19.5 Å². The Balaban J connectivity index is 2.61. The molecule has 0 saturated carbocycles. The van der Waals surface area contributed by atoms with E-state index in [1.54, 1.807) is 17.0 Å². The van der Waals surface area contributed by atoms with Crippen LogP contribution in [0.4, 0.5) is 0 Å². The van der Waals surface area contributed by atoms with E-state index >= 15 is 0 Å². The van der Waals surface area contributed by atoms with Crippen LogP contribution in [-0.2, 0) is 5.25 Å². The van der Waals surface area contributed by atoms with Gasteiger partial charge in [0.15, 0.2) is 5.82 Å². The van der Waals surface area contributed by atoms with E-state index in [2.05, 4.69) is 15.0 Å². The van der Waals surface area contributed by atoms with Gasteiger partial charge in [0.2, 0.25) is 0 Å². The number of aromatic nitrogens is 4. The predicted molar refractivity (Wildman–Crippen MR) is 65.2 cm³/mol. The number of hydrogen-bond donors (Lipinski definition) is 2. The topological polar surface area (TPSA) is 84.1 Å². The van der Waals surface area contributed by atoms with Crippen LogP contribution in [0.25, 0.3) is 5.82 Å². The summed E-state index contributed by atoms with van der Waals surface area (Å²) in [5.74, 6) is 1.20. The maximum atomic E-state index is 9.51. The van der Waals surface area contributed by atoms with E-state index in [4.69, 9.17) is 11.6 Å². The third-order valence-electron chi connectivity index (χ3n) is 2.45. The Morgan fingerprint density at radius 3 is 2.67 bits per heavy atom. The van der Waals surface area contributed by atoms with Crippen molar-refractivity contribution in [2.24, 2.45) is 0 Å². The maximum Gasteiger partial charge on any atom is 0.276 e. The summed E-state index contributed by atoms with van der Waals surface area (Å²) in [4.78, 5) is 12.0. The van der Waals surface area contributed by atoms with E-state index in [9.17, 15) is 10.2 Å². The van der Waals surface area contributed by atoms with Crippen molar-refractivity contribution >= 4 is 11.6 Å². The SMILES string of the molecule is CC(C)c1nccn1-c1ncncc1C(O)(O)Cl. The fourth-order valence-electron chi connectivity index (χ4n) is 1.66. The second-order valence-corrected chi connectivity index (χ2v) is 4.68. The summed E-state index contributed by atoms with van der Waals surface area (Å²) in [5.41, 5.74) is 0.00608. The van der Waals surface area contributed by atoms with Gasteiger partial charge in [-0.3, -0.25) is 4.57 Å². The van der Waals surface area contributed by atoms with Gasteiger partial charge in [0.25, 0.3) is 5.25 Å². The van der Waals surface area contributed by atoms with E-state index in [0.717, 1.165) is 5.82 Å². The molecule has 2 N–H and O–H groups in total. The second-order valence-electron chi connectivity index (χ2n) is 4.16. The molecule has 0 aliphatic rings. The molecule has 0 aliphatic heterocycles. The first-order valence-corrected chi connectivity index (χ1v) is 5.76. The molecule has 2 aromatic rings. The molecule has 0 saturated heterocycles. The molecule has 0 bridgehead atoms. The van der Waals surface area contributed by atoms with Crippen LogP contribution < -0.4 is 0 Å². The quantitative estimate of drug-likeness (QED) is 0.644. The molecule has 6 nitrogen and oxygen atoms in total. The highest BCUT2D eigenvalue weighted by molar-refractivity contribution is 6.21. The zero-order valence-electron chi connectivity index (χ0n) is 9.95. The van der Waals surface area contributed by atoms with Crippen molar-refractivity contribution in [3.8, 4) is 5.82 Å². The molecule has 0 radical (unpaired) electrons. The van der Waals surface area contributed by atoms with Gasteiger partial charge in [0.1, 0.15) is 12.2 Å². The fourth-order valence-corrected chi connectivity index (χ4v) is 1.79. The van der Waals surface area contributed by atoms with Gasteiger partial charge in [0, 0.05) is 24.5 Å². The largest absolute Gasteiger partial charge is 0.349 e. The van der Waals surface area contributed by atoms with Crippen molar-refractivity contribution < 1.29 is 10.2 Å². The number of nitrogens with zero attached hydrogens (tertiary/aromatic N) is 4. The third kappa shape index (κ3) is 2.35. The first-order valence-electron chi connectivity index (χ1n) is 5.39. The van der Waals surface area contributed by atoms with Gasteiger partial charge in [-0.2, -0.15) is 0 Å². The molecule has 2 heterocycles. The summed E-state index contributed by atoms with van der Waals surface area (Å²) in [6.07, 6.45) is 5.88. The van der Waals surface area contributed by atoms with Gasteiger partial charge in [-0.05, 0) is 0 Å². The molecule has 0 unspecified atom stereocenters. The minimum Gasteiger partial charge on any atom is -0.349 e. The minimum atomic E-state index is -2.52. The average Bonchev–Trinajstić information content (AvgIpc) is 2.76. The van der Waals surface area contributed by atoms with Crippen LogP contribution in [0.3, 0.4) is 0 Å². The van der Waals surface area contributed by atoms with Crippen LogP contribution >= 0.6 is 11.6 Å². The lowest BCUT2D eigenvalue weighted by molar-refractivity contribution is -0.0906. The van der Waals surface area contributed by atoms with Gasteiger partial charge in [-0.25, -0.2) is 15.0 Å². The first kappa shape index (κ1) is 12.9. The lowest BCUT2D eigenvalue weighted by Gasteiger charge is -2.18. The Bertz CT molecular complexity index is 548. The lowest BCUT2D eigenvalue weighted by Crippen LogP contribution is -2.21. The molecular formula is C11H13ClN4O2. The van der Waals surface area contributed by atoms with E-state index < -0.39 is 5.25 Å². The molecule has 7 heteroatoms. The molecule has 2 aromatic heterocycles. The number of hydrogen-bond acceptors (Lipinski definition) is 5. The van der Waals surface area contributed by atoms with Crippen LogP contribution in [0.2, 0.25) is 0 Å². The van der Waals surface area contributed by atoms with Crippen molar-refractivity contribution in [2.45, 2.75) is 25.0 Å². The number of aliphatic hydroxyl groups is 2. The number of alkyl halides is 1. The van der Waals surface area contributed by atoms with Gasteiger partial charge in [-0.15, -0.1) is 0 Å². The van der Waals surface area contributed by atoms with Gasteiger partial charge in [0.05, 0.1) is 5.56 Å². The first-order chi connectivity index (χ1) is 8.41. The number of imidazole rings is 1. The Morgan fingerprint density at radius 1 is 1.33 bits per heavy atom. The fraction of sp³-hybridized carbons (Fsp3) is 0.364. The Kier molecular flexibility index (Phi) is 3.34. The summed E-state index contributed by atoms with van der Waals surface area (Å²) in [5, 5.41) is 16.5. The van der Waals surface area contributed by atoms with Crippen molar-refractivity contribution in [3.05, 3.63) is 36.3 Å². The number of halogens is 1. The molecule has 96 valence electrons. The maximum absolute atomic E-state index is 9.51. The van der Waals surface area contributed by atoms with E-state index in [1.165, 1.54) is 12.5 Å². The molecular weight excluding hydrogens is 256 g/mol. The normalized spacial score (nSPS) is 12.1. The standard InChI is InChI=1S/C11H13ClN4O2/c1-7(2)9-14-3-4-16(9)10-8(11(12,17)18)5-13-6-15-10/h3-7,17-18H,1-2H3. The van der Waals surface area contributed by atoms with Gasteiger partial charge < -0.3 is 10.2 Å². The van der Waals surface area contributed by atoms with Crippen LogP contribution in [0.15, 0.2) is 24.9 Å². The zero-order chi connectivity index (χ0) is 13.3.